The van der Waals surface area contributed by atoms with E-state index in [-0.39, 0.29) is 0 Å². The number of thiazole rings is 1. The van der Waals surface area contributed by atoms with Crippen LogP contribution in [0.25, 0.3) is 0 Å². The number of hydrogen-bond donors (Lipinski definition) is 1. The predicted octanol–water partition coefficient (Wildman–Crippen LogP) is 2.50. The molecule has 0 bridgehead atoms. The maximum absolute atomic E-state index is 4.31. The van der Waals surface area contributed by atoms with E-state index < -0.39 is 0 Å². The largest absolute Gasteiger partial charge is 0.309 e. The molecule has 0 atom stereocenters. The topological polar surface area (TPSA) is 28.2 Å². The lowest BCUT2D eigenvalue weighted by molar-refractivity contribution is 0.0984. The third-order valence-electron chi connectivity index (χ3n) is 3.95. The van der Waals surface area contributed by atoms with Gasteiger partial charge in [-0.25, -0.2) is 4.98 Å². The van der Waals surface area contributed by atoms with E-state index in [0.29, 0.717) is 5.54 Å². The molecule has 0 amide bonds. The highest BCUT2D eigenvalue weighted by Gasteiger charge is 2.33. The molecule has 3 nitrogen and oxygen atoms in total. The molecule has 17 heavy (non-hydrogen) atoms. The molecule has 4 heteroatoms. The van der Waals surface area contributed by atoms with E-state index in [1.54, 1.807) is 11.3 Å². The summed E-state index contributed by atoms with van der Waals surface area (Å²) < 4.78 is 0. The van der Waals surface area contributed by atoms with Gasteiger partial charge < -0.3 is 10.2 Å². The van der Waals surface area contributed by atoms with Crippen LogP contribution in [0.2, 0.25) is 0 Å². The molecule has 0 unspecified atom stereocenters. The SMILES string of the molecule is CN(C)C1(CNCc2nccs2)CCCCC1. The van der Waals surface area contributed by atoms with Crippen molar-refractivity contribution in [3.8, 4) is 0 Å². The van der Waals surface area contributed by atoms with Crippen molar-refractivity contribution in [2.24, 2.45) is 0 Å². The molecule has 0 radical (unpaired) electrons. The number of likely N-dealkylation sites (N-methyl/N-ethyl adjacent to an activating group) is 1. The van der Waals surface area contributed by atoms with Crippen LogP contribution in [0.3, 0.4) is 0 Å². The Bertz CT molecular complexity index is 315. The summed E-state index contributed by atoms with van der Waals surface area (Å²) in [5, 5.41) is 6.82. The van der Waals surface area contributed by atoms with Gasteiger partial charge in [0.25, 0.3) is 0 Å². The summed E-state index contributed by atoms with van der Waals surface area (Å²) in [7, 11) is 4.44. The van der Waals surface area contributed by atoms with Crippen LogP contribution in [0.5, 0.6) is 0 Å². The molecule has 96 valence electrons. The van der Waals surface area contributed by atoms with Crippen LogP contribution in [0.1, 0.15) is 37.1 Å². The Labute approximate surface area is 108 Å². The number of nitrogens with one attached hydrogen (secondary N) is 1. The van der Waals surface area contributed by atoms with Gasteiger partial charge in [0, 0.05) is 30.2 Å². The van der Waals surface area contributed by atoms with Crippen LogP contribution in [-0.2, 0) is 6.54 Å². The van der Waals surface area contributed by atoms with Gasteiger partial charge in [-0.05, 0) is 26.9 Å². The quantitative estimate of drug-likeness (QED) is 0.874. The van der Waals surface area contributed by atoms with Crippen molar-refractivity contribution < 1.29 is 0 Å². The molecule has 1 aliphatic carbocycles. The second-order valence-electron chi connectivity index (χ2n) is 5.21. The van der Waals surface area contributed by atoms with E-state index in [1.807, 2.05) is 11.6 Å². The van der Waals surface area contributed by atoms with Crippen LogP contribution in [0.15, 0.2) is 11.6 Å². The Morgan fingerprint density at radius 1 is 1.35 bits per heavy atom. The zero-order valence-electron chi connectivity index (χ0n) is 10.9. The molecular formula is C13H23N3S. The van der Waals surface area contributed by atoms with Gasteiger partial charge in [-0.1, -0.05) is 19.3 Å². The smallest absolute Gasteiger partial charge is 0.106 e. The summed E-state index contributed by atoms with van der Waals surface area (Å²) in [6, 6.07) is 0. The summed E-state index contributed by atoms with van der Waals surface area (Å²) in [6.45, 7) is 1.99. The highest BCUT2D eigenvalue weighted by molar-refractivity contribution is 7.09. The number of aromatic nitrogens is 1. The summed E-state index contributed by atoms with van der Waals surface area (Å²) >= 11 is 1.73. The number of nitrogens with zero attached hydrogens (tertiary/aromatic N) is 2. The molecule has 0 saturated heterocycles. The Morgan fingerprint density at radius 2 is 2.12 bits per heavy atom. The maximum atomic E-state index is 4.31. The van der Waals surface area contributed by atoms with Gasteiger partial charge in [0.1, 0.15) is 5.01 Å². The molecule has 1 fully saturated rings. The third kappa shape index (κ3) is 3.27. The zero-order valence-corrected chi connectivity index (χ0v) is 11.7. The Morgan fingerprint density at radius 3 is 2.71 bits per heavy atom. The average molecular weight is 253 g/mol. The summed E-state index contributed by atoms with van der Waals surface area (Å²) in [5.74, 6) is 0. The van der Waals surface area contributed by atoms with E-state index in [1.165, 1.54) is 37.1 Å². The van der Waals surface area contributed by atoms with Crippen molar-refractivity contribution in [2.75, 3.05) is 20.6 Å². The van der Waals surface area contributed by atoms with Crippen molar-refractivity contribution in [3.05, 3.63) is 16.6 Å². The highest BCUT2D eigenvalue weighted by atomic mass is 32.1. The van der Waals surface area contributed by atoms with E-state index in [9.17, 15) is 0 Å². The molecule has 1 saturated carbocycles. The van der Waals surface area contributed by atoms with Gasteiger partial charge in [-0.15, -0.1) is 11.3 Å². The monoisotopic (exact) mass is 253 g/mol. The summed E-state index contributed by atoms with van der Waals surface area (Å²) in [5.41, 5.74) is 0.371. The second-order valence-corrected chi connectivity index (χ2v) is 6.19. The van der Waals surface area contributed by atoms with Gasteiger partial charge in [-0.3, -0.25) is 0 Å². The molecule has 0 spiro atoms. The first-order chi connectivity index (χ1) is 8.23. The van der Waals surface area contributed by atoms with E-state index >= 15 is 0 Å². The molecule has 1 aromatic rings. The summed E-state index contributed by atoms with van der Waals surface area (Å²) in [6.07, 6.45) is 8.68. The fraction of sp³-hybridized carbons (Fsp3) is 0.769. The lowest BCUT2D eigenvalue weighted by Crippen LogP contribution is -2.52. The maximum Gasteiger partial charge on any atom is 0.106 e. The fourth-order valence-corrected chi connectivity index (χ4v) is 3.32. The van der Waals surface area contributed by atoms with Crippen molar-refractivity contribution in [2.45, 2.75) is 44.2 Å². The molecule has 1 N–H and O–H groups in total. The van der Waals surface area contributed by atoms with Crippen LogP contribution < -0.4 is 5.32 Å². The molecule has 2 rings (SSSR count). The zero-order chi connectivity index (χ0) is 12.1. The van der Waals surface area contributed by atoms with Crippen LogP contribution in [-0.4, -0.2) is 36.1 Å². The van der Waals surface area contributed by atoms with Gasteiger partial charge in [0.05, 0.1) is 0 Å². The molecule has 1 aromatic heterocycles. The molecule has 0 aromatic carbocycles. The Kier molecular flexibility index (Phi) is 4.54. The lowest BCUT2D eigenvalue weighted by Gasteiger charge is -2.43. The second kappa shape index (κ2) is 5.94. The molecule has 0 aliphatic heterocycles. The lowest BCUT2D eigenvalue weighted by atomic mass is 9.80. The first kappa shape index (κ1) is 13.0. The number of hydrogen-bond acceptors (Lipinski definition) is 4. The molecule has 1 heterocycles. The first-order valence-electron chi connectivity index (χ1n) is 6.49. The standard InChI is InChI=1S/C13H23N3S/c1-16(2)13(6-4-3-5-7-13)11-14-10-12-15-8-9-17-12/h8-9,14H,3-7,10-11H2,1-2H3. The van der Waals surface area contributed by atoms with Gasteiger partial charge in [-0.2, -0.15) is 0 Å². The van der Waals surface area contributed by atoms with Crippen LogP contribution >= 0.6 is 11.3 Å². The Hall–Kier alpha value is -0.450. The Balaban J connectivity index is 1.85. The third-order valence-corrected chi connectivity index (χ3v) is 4.73. The van der Waals surface area contributed by atoms with Gasteiger partial charge in [0.15, 0.2) is 0 Å². The van der Waals surface area contributed by atoms with Crippen LogP contribution in [0, 0.1) is 0 Å². The van der Waals surface area contributed by atoms with Crippen molar-refractivity contribution in [1.29, 1.82) is 0 Å². The highest BCUT2D eigenvalue weighted by Crippen LogP contribution is 2.31. The average Bonchev–Trinajstić information content (AvgIpc) is 2.83. The van der Waals surface area contributed by atoms with E-state index in [2.05, 4.69) is 29.3 Å². The van der Waals surface area contributed by atoms with Crippen molar-refractivity contribution in [1.82, 2.24) is 15.2 Å². The van der Waals surface area contributed by atoms with Gasteiger partial charge >= 0.3 is 0 Å². The van der Waals surface area contributed by atoms with Gasteiger partial charge in [0.2, 0.25) is 0 Å². The van der Waals surface area contributed by atoms with E-state index in [4.69, 9.17) is 0 Å². The van der Waals surface area contributed by atoms with Crippen LogP contribution in [0.4, 0.5) is 0 Å². The van der Waals surface area contributed by atoms with Crippen molar-refractivity contribution >= 4 is 11.3 Å². The van der Waals surface area contributed by atoms with Crippen molar-refractivity contribution in [3.63, 3.8) is 0 Å². The molecule has 1 aliphatic rings. The predicted molar refractivity (Wildman–Crippen MR) is 73.3 cm³/mol. The van der Waals surface area contributed by atoms with E-state index in [0.717, 1.165) is 13.1 Å². The minimum atomic E-state index is 0.371. The fourth-order valence-electron chi connectivity index (χ4n) is 2.73. The minimum Gasteiger partial charge on any atom is -0.309 e. The molecular weight excluding hydrogens is 230 g/mol. The normalized spacial score (nSPS) is 19.7. The first-order valence-corrected chi connectivity index (χ1v) is 7.37. The summed E-state index contributed by atoms with van der Waals surface area (Å²) in [4.78, 5) is 6.73. The number of rotatable bonds is 5. The minimum absolute atomic E-state index is 0.371.